The minimum absolute atomic E-state index is 0.00376. The first-order chi connectivity index (χ1) is 8.37. The molecule has 18 heavy (non-hydrogen) atoms. The van der Waals surface area contributed by atoms with Gasteiger partial charge in [0.2, 0.25) is 6.23 Å². The summed E-state index contributed by atoms with van der Waals surface area (Å²) in [4.78, 5) is 14.7. The van der Waals surface area contributed by atoms with Crippen LogP contribution in [0.3, 0.4) is 0 Å². The number of alkyl halides is 2. The monoisotopic (exact) mass is 263 g/mol. The van der Waals surface area contributed by atoms with Gasteiger partial charge >= 0.3 is 11.6 Å². The van der Waals surface area contributed by atoms with E-state index in [1.807, 2.05) is 0 Å². The molecule has 1 aromatic heterocycles. The van der Waals surface area contributed by atoms with Gasteiger partial charge in [-0.05, 0) is 0 Å². The Kier molecular flexibility index (Phi) is 3.05. The SMILES string of the molecule is Nc1cnc(=O)n(C2OC(CO)C(O)C2(F)F)c1. The van der Waals surface area contributed by atoms with Crippen molar-refractivity contribution in [2.75, 3.05) is 12.3 Å². The molecule has 0 bridgehead atoms. The highest BCUT2D eigenvalue weighted by atomic mass is 19.3. The van der Waals surface area contributed by atoms with Gasteiger partial charge < -0.3 is 20.7 Å². The zero-order chi connectivity index (χ0) is 13.5. The molecule has 2 heterocycles. The number of ether oxygens (including phenoxy) is 1. The summed E-state index contributed by atoms with van der Waals surface area (Å²) in [7, 11) is 0. The van der Waals surface area contributed by atoms with Gasteiger partial charge in [0.25, 0.3) is 0 Å². The molecule has 0 aliphatic carbocycles. The lowest BCUT2D eigenvalue weighted by Crippen LogP contribution is -2.41. The Morgan fingerprint density at radius 1 is 1.61 bits per heavy atom. The summed E-state index contributed by atoms with van der Waals surface area (Å²) in [5.74, 6) is -3.73. The molecule has 3 unspecified atom stereocenters. The number of rotatable bonds is 2. The van der Waals surface area contributed by atoms with Gasteiger partial charge in [0.15, 0.2) is 6.10 Å². The van der Waals surface area contributed by atoms with Crippen LogP contribution in [-0.4, -0.2) is 44.5 Å². The highest BCUT2D eigenvalue weighted by molar-refractivity contribution is 5.30. The van der Waals surface area contributed by atoms with Crippen molar-refractivity contribution in [2.45, 2.75) is 24.4 Å². The second-order valence-electron chi connectivity index (χ2n) is 3.91. The van der Waals surface area contributed by atoms with E-state index in [1.165, 1.54) is 0 Å². The Morgan fingerprint density at radius 2 is 2.28 bits per heavy atom. The molecule has 1 aliphatic heterocycles. The molecule has 4 N–H and O–H groups in total. The summed E-state index contributed by atoms with van der Waals surface area (Å²) in [5, 5.41) is 18.1. The van der Waals surface area contributed by atoms with Gasteiger partial charge in [0, 0.05) is 6.20 Å². The number of aliphatic hydroxyl groups is 2. The molecule has 9 heteroatoms. The van der Waals surface area contributed by atoms with Crippen molar-refractivity contribution >= 4 is 5.69 Å². The summed E-state index contributed by atoms with van der Waals surface area (Å²) >= 11 is 0. The van der Waals surface area contributed by atoms with E-state index >= 15 is 0 Å². The second kappa shape index (κ2) is 4.26. The lowest BCUT2D eigenvalue weighted by atomic mass is 10.1. The van der Waals surface area contributed by atoms with Gasteiger partial charge in [-0.2, -0.15) is 13.8 Å². The second-order valence-corrected chi connectivity index (χ2v) is 3.91. The van der Waals surface area contributed by atoms with E-state index in [9.17, 15) is 18.7 Å². The maximum absolute atomic E-state index is 13.7. The van der Waals surface area contributed by atoms with Crippen LogP contribution in [0.15, 0.2) is 17.2 Å². The van der Waals surface area contributed by atoms with Crippen LogP contribution in [-0.2, 0) is 4.74 Å². The van der Waals surface area contributed by atoms with E-state index in [2.05, 4.69) is 4.98 Å². The standard InChI is InChI=1S/C9H11F2N3O4/c10-9(11)6(16)5(3-15)18-7(9)14-2-4(12)1-13-8(14)17/h1-2,5-7,15-16H,3,12H2. The van der Waals surface area contributed by atoms with E-state index in [1.54, 1.807) is 0 Å². The molecule has 7 nitrogen and oxygen atoms in total. The van der Waals surface area contributed by atoms with E-state index in [0.29, 0.717) is 4.57 Å². The Hall–Kier alpha value is -1.58. The first-order valence-corrected chi connectivity index (χ1v) is 5.03. The molecular weight excluding hydrogens is 252 g/mol. The summed E-state index contributed by atoms with van der Waals surface area (Å²) in [5.41, 5.74) is 4.36. The summed E-state index contributed by atoms with van der Waals surface area (Å²) in [6.07, 6.45) is -3.76. The van der Waals surface area contributed by atoms with Gasteiger partial charge in [0.1, 0.15) is 6.10 Å². The molecule has 0 spiro atoms. The molecule has 0 amide bonds. The van der Waals surface area contributed by atoms with Crippen LogP contribution in [0.1, 0.15) is 6.23 Å². The van der Waals surface area contributed by atoms with E-state index < -0.39 is 36.7 Å². The highest BCUT2D eigenvalue weighted by Crippen LogP contribution is 2.41. The smallest absolute Gasteiger partial charge is 0.349 e. The topological polar surface area (TPSA) is 111 Å². The number of nitrogens with zero attached hydrogens (tertiary/aromatic N) is 2. The molecule has 100 valence electrons. The third-order valence-electron chi connectivity index (χ3n) is 2.65. The van der Waals surface area contributed by atoms with Crippen LogP contribution in [0.5, 0.6) is 0 Å². The molecule has 3 atom stereocenters. The summed E-state index contributed by atoms with van der Waals surface area (Å²) in [6, 6.07) is 0. The molecule has 1 aliphatic rings. The van der Waals surface area contributed by atoms with Crippen molar-refractivity contribution in [3.63, 3.8) is 0 Å². The van der Waals surface area contributed by atoms with Gasteiger partial charge in [-0.15, -0.1) is 0 Å². The van der Waals surface area contributed by atoms with Crippen molar-refractivity contribution in [3.05, 3.63) is 22.9 Å². The van der Waals surface area contributed by atoms with Crippen molar-refractivity contribution < 1.29 is 23.7 Å². The van der Waals surface area contributed by atoms with Crippen molar-refractivity contribution in [1.82, 2.24) is 9.55 Å². The predicted octanol–water partition coefficient (Wildman–Crippen LogP) is -1.29. The lowest BCUT2D eigenvalue weighted by Gasteiger charge is -2.21. The number of hydrogen-bond acceptors (Lipinski definition) is 6. The third-order valence-corrected chi connectivity index (χ3v) is 2.65. The quantitative estimate of drug-likeness (QED) is 0.612. The van der Waals surface area contributed by atoms with Crippen LogP contribution < -0.4 is 11.4 Å². The first kappa shape index (κ1) is 12.9. The maximum atomic E-state index is 13.7. The molecule has 0 radical (unpaired) electrons. The molecule has 2 rings (SSSR count). The Labute approximate surface area is 99.4 Å². The van der Waals surface area contributed by atoms with Gasteiger partial charge in [-0.3, -0.25) is 4.57 Å². The van der Waals surface area contributed by atoms with Gasteiger partial charge in [0.05, 0.1) is 18.5 Å². The third kappa shape index (κ3) is 1.85. The highest BCUT2D eigenvalue weighted by Gasteiger charge is 2.59. The van der Waals surface area contributed by atoms with E-state index in [0.717, 1.165) is 12.4 Å². The fraction of sp³-hybridized carbons (Fsp3) is 0.556. The minimum atomic E-state index is -3.73. The Balaban J connectivity index is 2.45. The summed E-state index contributed by atoms with van der Waals surface area (Å²) in [6.45, 7) is -0.794. The normalized spacial score (nSPS) is 30.6. The molecular formula is C9H11F2N3O4. The first-order valence-electron chi connectivity index (χ1n) is 5.03. The lowest BCUT2D eigenvalue weighted by molar-refractivity contribution is -0.140. The van der Waals surface area contributed by atoms with Crippen LogP contribution in [0, 0.1) is 0 Å². The Bertz CT molecular complexity index is 507. The van der Waals surface area contributed by atoms with E-state index in [-0.39, 0.29) is 5.69 Å². The predicted molar refractivity (Wildman–Crippen MR) is 54.9 cm³/mol. The zero-order valence-electron chi connectivity index (χ0n) is 9.03. The Morgan fingerprint density at radius 3 is 2.83 bits per heavy atom. The molecule has 0 saturated carbocycles. The number of nitrogen functional groups attached to an aromatic ring is 1. The molecule has 1 saturated heterocycles. The van der Waals surface area contributed by atoms with Crippen molar-refractivity contribution in [3.8, 4) is 0 Å². The van der Waals surface area contributed by atoms with Crippen LogP contribution in [0.2, 0.25) is 0 Å². The number of aromatic nitrogens is 2. The zero-order valence-corrected chi connectivity index (χ0v) is 9.03. The number of hydrogen-bond donors (Lipinski definition) is 3. The van der Waals surface area contributed by atoms with Crippen molar-refractivity contribution in [1.29, 1.82) is 0 Å². The largest absolute Gasteiger partial charge is 0.396 e. The van der Waals surface area contributed by atoms with Crippen molar-refractivity contribution in [2.24, 2.45) is 0 Å². The average Bonchev–Trinajstić information content (AvgIpc) is 2.54. The van der Waals surface area contributed by atoms with E-state index in [4.69, 9.17) is 15.6 Å². The number of aliphatic hydroxyl groups excluding tert-OH is 2. The maximum Gasteiger partial charge on any atom is 0.349 e. The fourth-order valence-corrected chi connectivity index (χ4v) is 1.73. The molecule has 0 aromatic carbocycles. The van der Waals surface area contributed by atoms with Crippen LogP contribution in [0.25, 0.3) is 0 Å². The average molecular weight is 263 g/mol. The number of nitrogens with two attached hydrogens (primary N) is 1. The number of halogens is 2. The summed E-state index contributed by atoms with van der Waals surface area (Å²) < 4.78 is 32.7. The minimum Gasteiger partial charge on any atom is -0.396 e. The van der Waals surface area contributed by atoms with Gasteiger partial charge in [-0.25, -0.2) is 4.79 Å². The fourth-order valence-electron chi connectivity index (χ4n) is 1.73. The van der Waals surface area contributed by atoms with Gasteiger partial charge in [-0.1, -0.05) is 0 Å². The molecule has 1 fully saturated rings. The van der Waals surface area contributed by atoms with Crippen LogP contribution in [0.4, 0.5) is 14.5 Å². The van der Waals surface area contributed by atoms with Crippen LogP contribution >= 0.6 is 0 Å². The molecule has 1 aromatic rings. The number of anilines is 1.